The minimum atomic E-state index is -3.82. The Hall–Kier alpha value is -2.26. The van der Waals surface area contributed by atoms with Gasteiger partial charge in [0.15, 0.2) is 0 Å². The van der Waals surface area contributed by atoms with Gasteiger partial charge in [0.25, 0.3) is 5.91 Å². The number of halogens is 1. The quantitative estimate of drug-likeness (QED) is 0.767. The highest BCUT2D eigenvalue weighted by molar-refractivity contribution is 7.89. The molecule has 1 amide bonds. The van der Waals surface area contributed by atoms with Crippen LogP contribution in [0.4, 0.5) is 10.2 Å². The first-order chi connectivity index (χ1) is 13.2. The maximum Gasteiger partial charge on any atom is 0.259 e. The van der Waals surface area contributed by atoms with Crippen molar-refractivity contribution in [1.29, 1.82) is 0 Å². The number of anilines is 1. The summed E-state index contributed by atoms with van der Waals surface area (Å²) in [6.45, 7) is 13.6. The number of benzene rings is 1. The van der Waals surface area contributed by atoms with Crippen molar-refractivity contribution in [2.24, 2.45) is 0 Å². The lowest BCUT2D eigenvalue weighted by molar-refractivity contribution is 0.102. The Morgan fingerprint density at radius 3 is 2.28 bits per heavy atom. The number of rotatable bonds is 5. The van der Waals surface area contributed by atoms with Crippen LogP contribution in [0.5, 0.6) is 0 Å². The van der Waals surface area contributed by atoms with E-state index in [1.807, 2.05) is 41.5 Å². The summed E-state index contributed by atoms with van der Waals surface area (Å²) in [5, 5.41) is 7.29. The summed E-state index contributed by atoms with van der Waals surface area (Å²) < 4.78 is 42.7. The molecule has 1 aromatic carbocycles. The van der Waals surface area contributed by atoms with Crippen molar-refractivity contribution in [1.82, 2.24) is 14.5 Å². The number of carbonyl (C=O) groups is 1. The van der Waals surface area contributed by atoms with E-state index >= 15 is 0 Å². The largest absolute Gasteiger partial charge is 0.307 e. The summed E-state index contributed by atoms with van der Waals surface area (Å²) in [6.07, 6.45) is 0. The van der Waals surface area contributed by atoms with E-state index in [1.165, 1.54) is 0 Å². The predicted molar refractivity (Wildman–Crippen MR) is 111 cm³/mol. The van der Waals surface area contributed by atoms with E-state index in [0.29, 0.717) is 5.82 Å². The molecule has 9 heteroatoms. The van der Waals surface area contributed by atoms with E-state index in [2.05, 4.69) is 15.1 Å². The molecular weight excluding hydrogens is 395 g/mol. The van der Waals surface area contributed by atoms with E-state index < -0.39 is 27.3 Å². The average Bonchev–Trinajstić information content (AvgIpc) is 2.99. The van der Waals surface area contributed by atoms with Gasteiger partial charge < -0.3 is 5.32 Å². The first-order valence-electron chi connectivity index (χ1n) is 9.38. The van der Waals surface area contributed by atoms with Crippen LogP contribution in [-0.4, -0.2) is 30.7 Å². The number of hydrogen-bond donors (Lipinski definition) is 2. The lowest BCUT2D eigenvalue weighted by Crippen LogP contribution is -2.28. The van der Waals surface area contributed by atoms with Gasteiger partial charge in [-0.15, -0.1) is 0 Å². The van der Waals surface area contributed by atoms with Crippen molar-refractivity contribution < 1.29 is 17.6 Å². The van der Waals surface area contributed by atoms with E-state index in [9.17, 15) is 17.6 Å². The van der Waals surface area contributed by atoms with Crippen LogP contribution in [0.15, 0.2) is 29.2 Å². The molecule has 2 aromatic rings. The molecule has 160 valence electrons. The smallest absolute Gasteiger partial charge is 0.259 e. The highest BCUT2D eigenvalue weighted by Crippen LogP contribution is 2.28. The van der Waals surface area contributed by atoms with Crippen LogP contribution in [0.2, 0.25) is 0 Å². The third kappa shape index (κ3) is 5.22. The molecule has 0 aliphatic carbocycles. The molecule has 1 heterocycles. The van der Waals surface area contributed by atoms with Gasteiger partial charge in [0.1, 0.15) is 11.6 Å². The van der Waals surface area contributed by atoms with Crippen LogP contribution in [0.25, 0.3) is 0 Å². The molecule has 2 N–H and O–H groups in total. The molecule has 0 radical (unpaired) electrons. The summed E-state index contributed by atoms with van der Waals surface area (Å²) in [4.78, 5) is 12.6. The lowest BCUT2D eigenvalue weighted by Gasteiger charge is -2.23. The van der Waals surface area contributed by atoms with Gasteiger partial charge >= 0.3 is 0 Å². The SMILES string of the molecule is CCNS(=O)(=O)c1ccc(F)c(C(=O)Nc2cc(C(C)(C)C)nn2C(C)(C)C)c1. The summed E-state index contributed by atoms with van der Waals surface area (Å²) in [5.41, 5.74) is -0.267. The van der Waals surface area contributed by atoms with Gasteiger partial charge in [-0.05, 0) is 39.0 Å². The van der Waals surface area contributed by atoms with Gasteiger partial charge in [0.2, 0.25) is 10.0 Å². The molecule has 0 unspecified atom stereocenters. The Balaban J connectivity index is 2.47. The van der Waals surface area contributed by atoms with Gasteiger partial charge in [0, 0.05) is 18.0 Å². The Kier molecular flexibility index (Phi) is 6.25. The second-order valence-electron chi connectivity index (χ2n) is 8.84. The molecule has 0 bridgehead atoms. The molecule has 0 fully saturated rings. The molecule has 0 atom stereocenters. The van der Waals surface area contributed by atoms with E-state index in [-0.39, 0.29) is 22.4 Å². The van der Waals surface area contributed by atoms with Gasteiger partial charge in [0.05, 0.1) is 21.7 Å². The monoisotopic (exact) mass is 424 g/mol. The fraction of sp³-hybridized carbons (Fsp3) is 0.500. The molecule has 0 saturated carbocycles. The summed E-state index contributed by atoms with van der Waals surface area (Å²) in [7, 11) is -3.82. The first-order valence-corrected chi connectivity index (χ1v) is 10.9. The minimum Gasteiger partial charge on any atom is -0.307 e. The zero-order valence-corrected chi connectivity index (χ0v) is 18.7. The number of nitrogens with zero attached hydrogens (tertiary/aromatic N) is 2. The molecule has 1 aromatic heterocycles. The fourth-order valence-electron chi connectivity index (χ4n) is 2.65. The van der Waals surface area contributed by atoms with Crippen molar-refractivity contribution in [2.45, 2.75) is 64.3 Å². The molecule has 0 spiro atoms. The van der Waals surface area contributed by atoms with Gasteiger partial charge in [-0.1, -0.05) is 27.7 Å². The van der Waals surface area contributed by atoms with E-state index in [4.69, 9.17) is 0 Å². The van der Waals surface area contributed by atoms with Gasteiger partial charge in [-0.3, -0.25) is 4.79 Å². The molecular formula is C20H29FN4O3S. The van der Waals surface area contributed by atoms with Crippen molar-refractivity contribution in [2.75, 3.05) is 11.9 Å². The topological polar surface area (TPSA) is 93.1 Å². The van der Waals surface area contributed by atoms with Crippen LogP contribution in [-0.2, 0) is 21.0 Å². The third-order valence-electron chi connectivity index (χ3n) is 4.18. The number of aromatic nitrogens is 2. The number of carbonyl (C=O) groups excluding carboxylic acids is 1. The predicted octanol–water partition coefficient (Wildman–Crippen LogP) is 3.63. The molecule has 0 aliphatic heterocycles. The Bertz CT molecular complexity index is 1020. The molecule has 7 nitrogen and oxygen atoms in total. The Morgan fingerprint density at radius 1 is 1.14 bits per heavy atom. The second-order valence-corrected chi connectivity index (χ2v) is 10.6. The van der Waals surface area contributed by atoms with Gasteiger partial charge in [-0.25, -0.2) is 22.2 Å². The zero-order valence-electron chi connectivity index (χ0n) is 17.9. The van der Waals surface area contributed by atoms with Crippen LogP contribution in [0, 0.1) is 5.82 Å². The number of amides is 1. The maximum atomic E-state index is 14.3. The van der Waals surface area contributed by atoms with Crippen molar-refractivity contribution in [3.8, 4) is 0 Å². The summed E-state index contributed by atoms with van der Waals surface area (Å²) >= 11 is 0. The highest BCUT2D eigenvalue weighted by atomic mass is 32.2. The molecule has 2 rings (SSSR count). The summed E-state index contributed by atoms with van der Waals surface area (Å²) in [6, 6.07) is 4.88. The maximum absolute atomic E-state index is 14.3. The van der Waals surface area contributed by atoms with Crippen molar-refractivity contribution >= 4 is 21.7 Å². The zero-order chi connectivity index (χ0) is 22.2. The summed E-state index contributed by atoms with van der Waals surface area (Å²) in [5.74, 6) is -1.15. The fourth-order valence-corrected chi connectivity index (χ4v) is 3.72. The molecule has 0 saturated heterocycles. The number of hydrogen-bond acceptors (Lipinski definition) is 4. The lowest BCUT2D eigenvalue weighted by atomic mass is 9.92. The third-order valence-corrected chi connectivity index (χ3v) is 5.73. The average molecular weight is 425 g/mol. The van der Waals surface area contributed by atoms with Gasteiger partial charge in [-0.2, -0.15) is 5.10 Å². The minimum absolute atomic E-state index is 0.175. The highest BCUT2D eigenvalue weighted by Gasteiger charge is 2.27. The normalized spacial score (nSPS) is 12.8. The molecule has 29 heavy (non-hydrogen) atoms. The van der Waals surface area contributed by atoms with Crippen molar-refractivity contribution in [3.63, 3.8) is 0 Å². The van der Waals surface area contributed by atoms with Crippen LogP contribution in [0.1, 0.15) is 64.5 Å². The number of nitrogens with one attached hydrogen (secondary N) is 2. The molecule has 0 aliphatic rings. The van der Waals surface area contributed by atoms with Crippen LogP contribution in [0.3, 0.4) is 0 Å². The standard InChI is InChI=1S/C20H29FN4O3S/c1-8-22-29(27,28)13-9-10-15(21)14(11-13)18(26)23-17-12-16(19(2,3)4)24-25(17)20(5,6)7/h9-12,22H,8H2,1-7H3,(H,23,26). The van der Waals surface area contributed by atoms with E-state index in [1.54, 1.807) is 17.7 Å². The number of sulfonamides is 1. The van der Waals surface area contributed by atoms with E-state index in [0.717, 1.165) is 23.9 Å². The second kappa shape index (κ2) is 7.87. The van der Waals surface area contributed by atoms with Crippen LogP contribution >= 0.6 is 0 Å². The Morgan fingerprint density at radius 2 is 1.76 bits per heavy atom. The first kappa shape index (κ1) is 23.0. The van der Waals surface area contributed by atoms with Crippen LogP contribution < -0.4 is 10.0 Å². The van der Waals surface area contributed by atoms with Crippen molar-refractivity contribution in [3.05, 3.63) is 41.3 Å². The Labute approximate surface area is 171 Å².